The molecule has 2 aromatic rings. The first-order valence-corrected chi connectivity index (χ1v) is 14.7. The number of pyridine rings is 1. The Balaban J connectivity index is 0.000000587. The van der Waals surface area contributed by atoms with Crippen LogP contribution in [0.15, 0.2) is 29.3 Å². The third kappa shape index (κ3) is 8.32. The van der Waals surface area contributed by atoms with E-state index in [-0.39, 0.29) is 16.1 Å². The zero-order chi connectivity index (χ0) is 30.5. The van der Waals surface area contributed by atoms with Crippen LogP contribution in [0.5, 0.6) is 0 Å². The van der Waals surface area contributed by atoms with Crippen molar-refractivity contribution in [3.05, 3.63) is 46.6 Å². The van der Waals surface area contributed by atoms with Gasteiger partial charge in [0.15, 0.2) is 0 Å². The Morgan fingerprint density at radius 2 is 1.49 bits per heavy atom. The van der Waals surface area contributed by atoms with Gasteiger partial charge in [-0.05, 0) is 76.7 Å². The number of aryl methyl sites for hydroxylation is 3. The molecule has 0 aliphatic carbocycles. The molecule has 14 heteroatoms. The van der Waals surface area contributed by atoms with Crippen LogP contribution in [-0.4, -0.2) is 78.9 Å². The number of halogens is 3. The summed E-state index contributed by atoms with van der Waals surface area (Å²) in [7, 11) is -3.89. The number of carbonyl (C=O) groups is 2. The molecule has 2 fully saturated rings. The van der Waals surface area contributed by atoms with Crippen LogP contribution in [0.2, 0.25) is 0 Å². The Labute approximate surface area is 237 Å². The van der Waals surface area contributed by atoms with Crippen molar-refractivity contribution in [1.82, 2.24) is 9.88 Å². The van der Waals surface area contributed by atoms with Crippen molar-refractivity contribution in [2.24, 2.45) is 0 Å². The quantitative estimate of drug-likeness (QED) is 0.434. The highest BCUT2D eigenvalue weighted by Gasteiger charge is 2.38. The summed E-state index contributed by atoms with van der Waals surface area (Å²) in [4.78, 5) is 30.1. The number of rotatable bonds is 6. The van der Waals surface area contributed by atoms with Crippen molar-refractivity contribution in [1.29, 1.82) is 0 Å². The average Bonchev–Trinajstić information content (AvgIpc) is 2.88. The highest BCUT2D eigenvalue weighted by molar-refractivity contribution is 7.92. The van der Waals surface area contributed by atoms with Crippen LogP contribution in [0.4, 0.5) is 24.7 Å². The van der Waals surface area contributed by atoms with Crippen LogP contribution in [0.25, 0.3) is 0 Å². The van der Waals surface area contributed by atoms with E-state index in [0.717, 1.165) is 44.6 Å². The maximum Gasteiger partial charge on any atom is 0.490 e. The molecule has 0 unspecified atom stereocenters. The van der Waals surface area contributed by atoms with E-state index in [1.807, 2.05) is 24.0 Å². The van der Waals surface area contributed by atoms with Crippen molar-refractivity contribution < 1.29 is 41.4 Å². The molecule has 4 rings (SSSR count). The molecule has 10 nitrogen and oxygen atoms in total. The summed E-state index contributed by atoms with van der Waals surface area (Å²) in [6, 6.07) is 5.55. The lowest BCUT2D eigenvalue weighted by Crippen LogP contribution is -2.47. The number of hydrogen-bond donors (Lipinski definition) is 3. The molecule has 1 aromatic carbocycles. The Bertz CT molecular complexity index is 1350. The minimum atomic E-state index is -5.08. The van der Waals surface area contributed by atoms with Crippen molar-refractivity contribution in [2.45, 2.75) is 70.0 Å². The monoisotopic (exact) mass is 600 g/mol. The largest absolute Gasteiger partial charge is 0.490 e. The summed E-state index contributed by atoms with van der Waals surface area (Å²) in [5.74, 6) is -3.48. The second kappa shape index (κ2) is 13.1. The van der Waals surface area contributed by atoms with E-state index in [1.165, 1.54) is 31.5 Å². The van der Waals surface area contributed by atoms with Gasteiger partial charge in [-0.25, -0.2) is 23.0 Å². The van der Waals surface area contributed by atoms with Gasteiger partial charge >= 0.3 is 18.1 Å². The van der Waals surface area contributed by atoms with E-state index < -0.39 is 28.1 Å². The van der Waals surface area contributed by atoms with E-state index in [4.69, 9.17) is 9.90 Å². The van der Waals surface area contributed by atoms with Gasteiger partial charge in [-0.2, -0.15) is 13.2 Å². The van der Waals surface area contributed by atoms with Crippen molar-refractivity contribution >= 4 is 33.5 Å². The molecule has 0 spiro atoms. The van der Waals surface area contributed by atoms with Gasteiger partial charge in [-0.3, -0.25) is 4.72 Å². The summed E-state index contributed by atoms with van der Waals surface area (Å²) in [6.07, 6.45) is 2.09. The second-order valence-corrected chi connectivity index (χ2v) is 12.0. The molecule has 2 aliphatic heterocycles. The van der Waals surface area contributed by atoms with Crippen LogP contribution < -0.4 is 9.62 Å². The highest BCUT2D eigenvalue weighted by atomic mass is 32.2. The number of nitrogens with one attached hydrogen (secondary N) is 1. The molecule has 226 valence electrons. The topological polar surface area (TPSA) is 140 Å². The number of anilines is 2. The zero-order valence-electron chi connectivity index (χ0n) is 23.2. The van der Waals surface area contributed by atoms with E-state index >= 15 is 0 Å². The number of hydrogen-bond acceptors (Lipinski definition) is 7. The predicted molar refractivity (Wildman–Crippen MR) is 147 cm³/mol. The molecule has 2 saturated heterocycles. The van der Waals surface area contributed by atoms with Crippen LogP contribution in [0.1, 0.15) is 59.2 Å². The number of nitrogens with zero attached hydrogens (tertiary/aromatic N) is 3. The molecular formula is C27H35F3N4O6S. The third-order valence-electron chi connectivity index (χ3n) is 7.14. The molecule has 0 bridgehead atoms. The Hall–Kier alpha value is -3.39. The third-order valence-corrected chi connectivity index (χ3v) is 8.82. The standard InChI is InChI=1S/C25H34N4O4S.C2HF3O2/c1-17-13-18(2)23(19(3)14-17)34(32,33)27-20-15-22(25(30)31)24(26-16-20)29-11-7-21(8-12-29)28-9-5-4-6-10-28;3-2(4,5)1(6)7/h13-16,21,27H,4-12H2,1-3H3,(H,30,31);(H,6,7). The van der Waals surface area contributed by atoms with Crippen LogP contribution >= 0.6 is 0 Å². The number of carboxylic acid groups (broad SMARTS) is 2. The van der Waals surface area contributed by atoms with Crippen molar-refractivity contribution in [3.63, 3.8) is 0 Å². The maximum atomic E-state index is 13.1. The molecule has 3 N–H and O–H groups in total. The number of aromatic nitrogens is 1. The van der Waals surface area contributed by atoms with Gasteiger partial charge < -0.3 is 20.0 Å². The highest BCUT2D eigenvalue weighted by Crippen LogP contribution is 2.29. The van der Waals surface area contributed by atoms with Crippen LogP contribution in [0.3, 0.4) is 0 Å². The lowest BCUT2D eigenvalue weighted by atomic mass is 9.99. The number of alkyl halides is 3. The minimum Gasteiger partial charge on any atom is -0.478 e. The smallest absolute Gasteiger partial charge is 0.478 e. The number of aliphatic carboxylic acids is 1. The first-order valence-electron chi connectivity index (χ1n) is 13.2. The summed E-state index contributed by atoms with van der Waals surface area (Å²) in [6.45, 7) is 9.21. The molecule has 1 aromatic heterocycles. The second-order valence-electron chi connectivity index (χ2n) is 10.4. The Morgan fingerprint density at radius 3 is 1.98 bits per heavy atom. The van der Waals surface area contributed by atoms with Gasteiger partial charge in [0.05, 0.1) is 16.8 Å². The van der Waals surface area contributed by atoms with Crippen molar-refractivity contribution in [3.8, 4) is 0 Å². The number of piperidine rings is 2. The van der Waals surface area contributed by atoms with Gasteiger partial charge in [0.25, 0.3) is 10.0 Å². The molecule has 2 aliphatic rings. The molecule has 0 saturated carbocycles. The first-order chi connectivity index (χ1) is 19.1. The molecule has 0 atom stereocenters. The maximum absolute atomic E-state index is 13.1. The number of benzene rings is 1. The molecule has 3 heterocycles. The molecule has 0 radical (unpaired) electrons. The number of aromatic carboxylic acids is 1. The summed E-state index contributed by atoms with van der Waals surface area (Å²) in [5, 5.41) is 17.0. The minimum absolute atomic E-state index is 0.00831. The fourth-order valence-corrected chi connectivity index (χ4v) is 6.94. The Morgan fingerprint density at radius 1 is 0.951 bits per heavy atom. The van der Waals surface area contributed by atoms with E-state index in [1.54, 1.807) is 13.8 Å². The number of likely N-dealkylation sites (tertiary alicyclic amines) is 1. The lowest BCUT2D eigenvalue weighted by molar-refractivity contribution is -0.192. The van der Waals surface area contributed by atoms with Crippen LogP contribution in [0, 0.1) is 20.8 Å². The van der Waals surface area contributed by atoms with Crippen molar-refractivity contribution in [2.75, 3.05) is 35.8 Å². The summed E-state index contributed by atoms with van der Waals surface area (Å²) in [5.41, 5.74) is 2.42. The first kappa shape index (κ1) is 32.1. The lowest BCUT2D eigenvalue weighted by Gasteiger charge is -2.40. The SMILES string of the molecule is Cc1cc(C)c(S(=O)(=O)Nc2cnc(N3CCC(N4CCCCC4)CC3)c(C(=O)O)c2)c(C)c1.O=C(O)C(F)(F)F. The van der Waals surface area contributed by atoms with Crippen LogP contribution in [-0.2, 0) is 14.8 Å². The summed E-state index contributed by atoms with van der Waals surface area (Å²) >= 11 is 0. The normalized spacial score (nSPS) is 17.0. The van der Waals surface area contributed by atoms with E-state index in [9.17, 15) is 31.5 Å². The van der Waals surface area contributed by atoms with Gasteiger partial charge in [0.1, 0.15) is 11.4 Å². The fourth-order valence-electron chi connectivity index (χ4n) is 5.45. The number of sulfonamides is 1. The molecule has 41 heavy (non-hydrogen) atoms. The molecule has 0 amide bonds. The Kier molecular flexibility index (Phi) is 10.2. The van der Waals surface area contributed by atoms with Gasteiger partial charge in [0.2, 0.25) is 0 Å². The predicted octanol–water partition coefficient (Wildman–Crippen LogP) is 4.59. The molecular weight excluding hydrogens is 565 g/mol. The van der Waals surface area contributed by atoms with E-state index in [2.05, 4.69) is 14.6 Å². The fraction of sp³-hybridized carbons (Fsp3) is 0.519. The summed E-state index contributed by atoms with van der Waals surface area (Å²) < 4.78 is 60.5. The van der Waals surface area contributed by atoms with Gasteiger partial charge in [-0.15, -0.1) is 0 Å². The number of carboxylic acids is 2. The van der Waals surface area contributed by atoms with Gasteiger partial charge in [-0.1, -0.05) is 24.1 Å². The average molecular weight is 601 g/mol. The zero-order valence-corrected chi connectivity index (χ0v) is 24.0. The van der Waals surface area contributed by atoms with E-state index in [0.29, 0.717) is 23.0 Å². The van der Waals surface area contributed by atoms with Gasteiger partial charge in [0, 0.05) is 19.1 Å².